The minimum absolute atomic E-state index is 0.732. The van der Waals surface area contributed by atoms with Crippen molar-refractivity contribution in [3.8, 4) is 0 Å². The van der Waals surface area contributed by atoms with Gasteiger partial charge in [-0.1, -0.05) is 0 Å². The molecule has 0 fully saturated rings. The first kappa shape index (κ1) is 7.55. The number of nitrogens with one attached hydrogen (secondary N) is 1. The molecule has 3 nitrogen and oxygen atoms in total. The molecule has 0 saturated carbocycles. The maximum absolute atomic E-state index is 8.76. The van der Waals surface area contributed by atoms with Gasteiger partial charge in [-0.2, -0.15) is 0 Å². The molecule has 1 aromatic rings. The lowest BCUT2D eigenvalue weighted by Gasteiger charge is -2.07. The van der Waals surface area contributed by atoms with E-state index in [2.05, 4.69) is 10.5 Å². The summed E-state index contributed by atoms with van der Waals surface area (Å²) in [5.41, 5.74) is 6.55. The summed E-state index contributed by atoms with van der Waals surface area (Å²) in [5, 5.41) is 8.76. The molecule has 3 heteroatoms. The average molecular weight is 164 g/mol. The van der Waals surface area contributed by atoms with Crippen LogP contribution in [0.15, 0.2) is 6.20 Å². The van der Waals surface area contributed by atoms with Crippen LogP contribution in [0.1, 0.15) is 23.2 Å². The summed E-state index contributed by atoms with van der Waals surface area (Å²) in [6.45, 7) is 2.02. The van der Waals surface area contributed by atoms with E-state index in [1.807, 2.05) is 6.92 Å². The molecule has 0 aromatic carbocycles. The second-order valence-corrected chi connectivity index (χ2v) is 3.19. The van der Waals surface area contributed by atoms with E-state index < -0.39 is 0 Å². The van der Waals surface area contributed by atoms with Crippen LogP contribution in [0.4, 0.5) is 5.69 Å². The maximum atomic E-state index is 8.76. The van der Waals surface area contributed by atoms with Crippen LogP contribution >= 0.6 is 0 Å². The Hall–Kier alpha value is -1.09. The molecule has 0 bridgehead atoms. The monoisotopic (exact) mass is 164 g/mol. The van der Waals surface area contributed by atoms with E-state index in [9.17, 15) is 0 Å². The number of rotatable bonds is 1. The highest BCUT2D eigenvalue weighted by Gasteiger charge is 2.15. The molecule has 0 radical (unpaired) electrons. The third-order valence-electron chi connectivity index (χ3n) is 2.52. The first-order valence-electron chi connectivity index (χ1n) is 4.20. The summed E-state index contributed by atoms with van der Waals surface area (Å²) in [5.74, 6) is 0. The Balaban J connectivity index is 2.54. The van der Waals surface area contributed by atoms with E-state index in [1.165, 1.54) is 17.7 Å². The van der Waals surface area contributed by atoms with Crippen LogP contribution in [0.3, 0.4) is 0 Å². The summed E-state index contributed by atoms with van der Waals surface area (Å²) >= 11 is 0. The van der Waals surface area contributed by atoms with Gasteiger partial charge in [0.15, 0.2) is 0 Å². The van der Waals surface area contributed by atoms with Crippen molar-refractivity contribution in [2.75, 3.05) is 5.48 Å². The third kappa shape index (κ3) is 0.975. The predicted molar refractivity (Wildman–Crippen MR) is 46.4 cm³/mol. The summed E-state index contributed by atoms with van der Waals surface area (Å²) in [6.07, 6.45) is 5.07. The van der Waals surface area contributed by atoms with Gasteiger partial charge in [-0.05, 0) is 37.3 Å². The van der Waals surface area contributed by atoms with E-state index in [4.69, 9.17) is 5.21 Å². The molecule has 0 aliphatic heterocycles. The first-order chi connectivity index (χ1) is 5.83. The van der Waals surface area contributed by atoms with Crippen molar-refractivity contribution in [2.24, 2.45) is 0 Å². The molecule has 12 heavy (non-hydrogen) atoms. The zero-order valence-electron chi connectivity index (χ0n) is 7.09. The molecular weight excluding hydrogens is 152 g/mol. The quantitative estimate of drug-likeness (QED) is 0.621. The molecule has 0 atom stereocenters. The van der Waals surface area contributed by atoms with Crippen molar-refractivity contribution in [1.82, 2.24) is 4.98 Å². The Morgan fingerprint density at radius 1 is 1.50 bits per heavy atom. The van der Waals surface area contributed by atoms with Gasteiger partial charge in [0.1, 0.15) is 0 Å². The lowest BCUT2D eigenvalue weighted by molar-refractivity contribution is 0.388. The molecule has 2 rings (SSSR count). The normalized spacial score (nSPS) is 14.5. The molecule has 64 valence electrons. The summed E-state index contributed by atoms with van der Waals surface area (Å²) in [6, 6.07) is 0. The van der Waals surface area contributed by atoms with Gasteiger partial charge in [0.05, 0.1) is 11.9 Å². The van der Waals surface area contributed by atoms with E-state index in [0.717, 1.165) is 24.1 Å². The molecule has 0 amide bonds. The van der Waals surface area contributed by atoms with Gasteiger partial charge < -0.3 is 0 Å². The zero-order valence-corrected chi connectivity index (χ0v) is 7.09. The number of pyridine rings is 1. The van der Waals surface area contributed by atoms with Crippen molar-refractivity contribution >= 4 is 5.69 Å². The number of nitrogens with zero attached hydrogens (tertiary/aromatic N) is 1. The van der Waals surface area contributed by atoms with Crippen LogP contribution in [0.5, 0.6) is 0 Å². The van der Waals surface area contributed by atoms with Gasteiger partial charge in [-0.15, -0.1) is 0 Å². The Kier molecular flexibility index (Phi) is 1.73. The number of aryl methyl sites for hydroxylation is 1. The molecule has 0 unspecified atom stereocenters. The van der Waals surface area contributed by atoms with Crippen LogP contribution in [0, 0.1) is 6.92 Å². The Bertz CT molecular complexity index is 310. The van der Waals surface area contributed by atoms with Crippen molar-refractivity contribution in [3.05, 3.63) is 23.0 Å². The SMILES string of the molecule is Cc1c(NO)cnc2c1CCC2. The molecule has 1 heterocycles. The topological polar surface area (TPSA) is 45.1 Å². The molecule has 2 N–H and O–H groups in total. The highest BCUT2D eigenvalue weighted by atomic mass is 16.5. The van der Waals surface area contributed by atoms with Gasteiger partial charge in [-0.3, -0.25) is 15.7 Å². The van der Waals surface area contributed by atoms with Crippen molar-refractivity contribution in [3.63, 3.8) is 0 Å². The first-order valence-corrected chi connectivity index (χ1v) is 4.20. The lowest BCUT2D eigenvalue weighted by Crippen LogP contribution is -1.99. The van der Waals surface area contributed by atoms with Gasteiger partial charge >= 0.3 is 0 Å². The summed E-state index contributed by atoms with van der Waals surface area (Å²) in [7, 11) is 0. The van der Waals surface area contributed by atoms with Crippen molar-refractivity contribution in [2.45, 2.75) is 26.2 Å². The smallest absolute Gasteiger partial charge is 0.0817 e. The molecule has 0 saturated heterocycles. The Morgan fingerprint density at radius 3 is 3.08 bits per heavy atom. The minimum atomic E-state index is 0.732. The molecule has 1 aromatic heterocycles. The van der Waals surface area contributed by atoms with Crippen LogP contribution in [-0.2, 0) is 12.8 Å². The number of hydrogen-bond donors (Lipinski definition) is 2. The average Bonchev–Trinajstić information content (AvgIpc) is 2.53. The maximum Gasteiger partial charge on any atom is 0.0817 e. The van der Waals surface area contributed by atoms with Gasteiger partial charge in [0, 0.05) is 5.69 Å². The Labute approximate surface area is 71.4 Å². The molecular formula is C9H12N2O. The van der Waals surface area contributed by atoms with E-state index >= 15 is 0 Å². The van der Waals surface area contributed by atoms with E-state index in [0.29, 0.717) is 0 Å². The minimum Gasteiger partial charge on any atom is -0.291 e. The highest BCUT2D eigenvalue weighted by Crippen LogP contribution is 2.27. The fourth-order valence-electron chi connectivity index (χ4n) is 1.79. The Morgan fingerprint density at radius 2 is 2.33 bits per heavy atom. The second-order valence-electron chi connectivity index (χ2n) is 3.19. The fourth-order valence-corrected chi connectivity index (χ4v) is 1.79. The summed E-state index contributed by atoms with van der Waals surface area (Å²) < 4.78 is 0. The van der Waals surface area contributed by atoms with Gasteiger partial charge in [0.25, 0.3) is 0 Å². The number of aromatic nitrogens is 1. The largest absolute Gasteiger partial charge is 0.291 e. The number of anilines is 1. The standard InChI is InChI=1S/C9H12N2O/c1-6-7-3-2-4-8(7)10-5-9(6)11-12/h5,11-12H,2-4H2,1H3. The van der Waals surface area contributed by atoms with Crippen LogP contribution < -0.4 is 5.48 Å². The second kappa shape index (κ2) is 2.75. The molecule has 1 aliphatic carbocycles. The van der Waals surface area contributed by atoms with E-state index in [-0.39, 0.29) is 0 Å². The van der Waals surface area contributed by atoms with Gasteiger partial charge in [0.2, 0.25) is 0 Å². The van der Waals surface area contributed by atoms with Crippen molar-refractivity contribution < 1.29 is 5.21 Å². The van der Waals surface area contributed by atoms with Crippen LogP contribution in [0.2, 0.25) is 0 Å². The lowest BCUT2D eigenvalue weighted by atomic mass is 10.1. The van der Waals surface area contributed by atoms with Crippen LogP contribution in [-0.4, -0.2) is 10.2 Å². The fraction of sp³-hybridized carbons (Fsp3) is 0.444. The molecule has 1 aliphatic rings. The number of fused-ring (bicyclic) bond motifs is 1. The zero-order chi connectivity index (χ0) is 8.55. The third-order valence-corrected chi connectivity index (χ3v) is 2.52. The number of hydrogen-bond acceptors (Lipinski definition) is 3. The summed E-state index contributed by atoms with van der Waals surface area (Å²) in [4.78, 5) is 4.27. The van der Waals surface area contributed by atoms with E-state index in [1.54, 1.807) is 6.20 Å². The molecule has 0 spiro atoms. The predicted octanol–water partition coefficient (Wildman–Crippen LogP) is 1.68. The van der Waals surface area contributed by atoms with Crippen LogP contribution in [0.25, 0.3) is 0 Å². The van der Waals surface area contributed by atoms with Gasteiger partial charge in [-0.25, -0.2) is 0 Å². The highest BCUT2D eigenvalue weighted by molar-refractivity contribution is 5.53. The van der Waals surface area contributed by atoms with Crippen molar-refractivity contribution in [1.29, 1.82) is 0 Å².